The van der Waals surface area contributed by atoms with E-state index in [-0.39, 0.29) is 18.7 Å². The van der Waals surface area contributed by atoms with Gasteiger partial charge in [0, 0.05) is 36.9 Å². The smallest absolute Gasteiger partial charge is 0.224 e. The maximum absolute atomic E-state index is 11.6. The van der Waals surface area contributed by atoms with E-state index in [2.05, 4.69) is 10.2 Å². The van der Waals surface area contributed by atoms with Crippen molar-refractivity contribution in [2.24, 2.45) is 0 Å². The molecule has 1 aliphatic heterocycles. The summed E-state index contributed by atoms with van der Waals surface area (Å²) in [5, 5.41) is 13.0. The van der Waals surface area contributed by atoms with Gasteiger partial charge in [0.1, 0.15) is 0 Å². The summed E-state index contributed by atoms with van der Waals surface area (Å²) < 4.78 is 5.31. The van der Waals surface area contributed by atoms with E-state index in [1.807, 2.05) is 24.3 Å². The Morgan fingerprint density at radius 2 is 1.81 bits per heavy atom. The van der Waals surface area contributed by atoms with Crippen molar-refractivity contribution in [3.63, 3.8) is 0 Å². The highest BCUT2D eigenvalue weighted by molar-refractivity contribution is 5.91. The molecule has 21 heavy (non-hydrogen) atoms. The number of aliphatic carboxylic acids is 1. The second kappa shape index (κ2) is 7.64. The number of hydrogen-bond donors (Lipinski definition) is 1. The van der Waals surface area contributed by atoms with E-state index in [1.165, 1.54) is 0 Å². The number of amides is 1. The zero-order valence-corrected chi connectivity index (χ0v) is 11.8. The zero-order chi connectivity index (χ0) is 15.1. The van der Waals surface area contributed by atoms with Gasteiger partial charge in [-0.05, 0) is 37.1 Å². The van der Waals surface area contributed by atoms with Gasteiger partial charge in [0.2, 0.25) is 5.91 Å². The molecular formula is C15H19N2O4-. The van der Waals surface area contributed by atoms with E-state index in [4.69, 9.17) is 4.74 Å². The summed E-state index contributed by atoms with van der Waals surface area (Å²) in [5.41, 5.74) is 1.82. The van der Waals surface area contributed by atoms with Crippen molar-refractivity contribution < 1.29 is 19.4 Å². The summed E-state index contributed by atoms with van der Waals surface area (Å²) >= 11 is 0. The number of anilines is 2. The quantitative estimate of drug-likeness (QED) is 0.819. The number of nitrogens with one attached hydrogen (secondary N) is 1. The van der Waals surface area contributed by atoms with E-state index in [1.54, 1.807) is 0 Å². The van der Waals surface area contributed by atoms with Gasteiger partial charge in [0.25, 0.3) is 0 Å². The van der Waals surface area contributed by atoms with Crippen LogP contribution in [0.25, 0.3) is 0 Å². The number of hydrogen-bond acceptors (Lipinski definition) is 5. The second-order valence-electron chi connectivity index (χ2n) is 4.92. The monoisotopic (exact) mass is 291 g/mol. The third-order valence-corrected chi connectivity index (χ3v) is 3.31. The van der Waals surface area contributed by atoms with Crippen LogP contribution in [0, 0.1) is 0 Å². The molecule has 1 aliphatic rings. The normalized spacial score (nSPS) is 14.8. The molecule has 1 amide bonds. The molecule has 0 unspecified atom stereocenters. The van der Waals surface area contributed by atoms with Gasteiger partial charge in [0.05, 0.1) is 13.2 Å². The zero-order valence-electron chi connectivity index (χ0n) is 11.8. The molecule has 1 saturated heterocycles. The van der Waals surface area contributed by atoms with Gasteiger partial charge in [-0.25, -0.2) is 0 Å². The molecule has 1 fully saturated rings. The summed E-state index contributed by atoms with van der Waals surface area (Å²) in [4.78, 5) is 24.1. The standard InChI is InChI=1S/C15H20N2O4/c18-14(2-1-3-15(19)20)16-12-4-6-13(7-5-12)17-8-10-21-11-9-17/h4-7H,1-3,8-11H2,(H,16,18)(H,19,20)/p-1. The molecule has 0 bridgehead atoms. The van der Waals surface area contributed by atoms with Crippen molar-refractivity contribution >= 4 is 23.3 Å². The van der Waals surface area contributed by atoms with Gasteiger partial charge in [-0.1, -0.05) is 0 Å². The summed E-state index contributed by atoms with van der Waals surface area (Å²) in [6.07, 6.45) is 0.378. The van der Waals surface area contributed by atoms with Gasteiger partial charge in [-0.15, -0.1) is 0 Å². The Morgan fingerprint density at radius 3 is 2.43 bits per heavy atom. The van der Waals surface area contributed by atoms with Gasteiger partial charge in [0.15, 0.2) is 0 Å². The summed E-state index contributed by atoms with van der Waals surface area (Å²) in [6, 6.07) is 7.62. The molecule has 1 aromatic carbocycles. The van der Waals surface area contributed by atoms with Crippen molar-refractivity contribution in [2.45, 2.75) is 19.3 Å². The number of carboxylic acid groups (broad SMARTS) is 1. The molecule has 2 rings (SSSR count). The number of benzene rings is 1. The first-order valence-corrected chi connectivity index (χ1v) is 7.07. The highest BCUT2D eigenvalue weighted by Crippen LogP contribution is 2.19. The van der Waals surface area contributed by atoms with Crippen molar-refractivity contribution in [1.82, 2.24) is 0 Å². The van der Waals surface area contributed by atoms with Crippen LogP contribution in [-0.4, -0.2) is 38.2 Å². The first-order valence-electron chi connectivity index (χ1n) is 7.07. The summed E-state index contributed by atoms with van der Waals surface area (Å²) in [5.74, 6) is -1.31. The fraction of sp³-hybridized carbons (Fsp3) is 0.467. The molecule has 0 atom stereocenters. The van der Waals surface area contributed by atoms with Crippen LogP contribution >= 0.6 is 0 Å². The lowest BCUT2D eigenvalue weighted by molar-refractivity contribution is -0.305. The predicted molar refractivity (Wildman–Crippen MR) is 77.0 cm³/mol. The van der Waals surface area contributed by atoms with E-state index < -0.39 is 5.97 Å². The van der Waals surface area contributed by atoms with E-state index in [0.717, 1.165) is 32.0 Å². The fourth-order valence-electron chi connectivity index (χ4n) is 2.19. The number of carboxylic acids is 1. The minimum atomic E-state index is -1.13. The Hall–Kier alpha value is -2.08. The van der Waals surface area contributed by atoms with E-state index >= 15 is 0 Å². The van der Waals surface area contributed by atoms with Gasteiger partial charge < -0.3 is 24.9 Å². The van der Waals surface area contributed by atoms with Crippen LogP contribution in [0.4, 0.5) is 11.4 Å². The number of morpholine rings is 1. The number of nitrogens with zero attached hydrogens (tertiary/aromatic N) is 1. The Kier molecular flexibility index (Phi) is 5.57. The first-order chi connectivity index (χ1) is 10.1. The van der Waals surface area contributed by atoms with Gasteiger partial charge in [-0.3, -0.25) is 4.79 Å². The lowest BCUT2D eigenvalue weighted by Crippen LogP contribution is -2.36. The highest BCUT2D eigenvalue weighted by Gasteiger charge is 2.11. The van der Waals surface area contributed by atoms with Crippen LogP contribution in [0.15, 0.2) is 24.3 Å². The first kappa shape index (κ1) is 15.3. The second-order valence-corrected chi connectivity index (χ2v) is 4.92. The molecule has 1 N–H and O–H groups in total. The van der Waals surface area contributed by atoms with Crippen LogP contribution in [0.3, 0.4) is 0 Å². The predicted octanol–water partition coefficient (Wildman–Crippen LogP) is 0.382. The maximum Gasteiger partial charge on any atom is 0.224 e. The molecule has 0 radical (unpaired) electrons. The van der Waals surface area contributed by atoms with Gasteiger partial charge in [-0.2, -0.15) is 0 Å². The minimum absolute atomic E-state index is 0.0939. The average Bonchev–Trinajstić information content (AvgIpc) is 2.48. The van der Waals surface area contributed by atoms with Crippen LogP contribution in [0.1, 0.15) is 19.3 Å². The Morgan fingerprint density at radius 1 is 1.14 bits per heavy atom. The lowest BCUT2D eigenvalue weighted by atomic mass is 10.2. The topological polar surface area (TPSA) is 81.7 Å². The Bertz CT molecular complexity index is 481. The molecule has 6 nitrogen and oxygen atoms in total. The van der Waals surface area contributed by atoms with Crippen LogP contribution in [0.2, 0.25) is 0 Å². The molecule has 0 aromatic heterocycles. The molecule has 0 saturated carbocycles. The van der Waals surface area contributed by atoms with Crippen LogP contribution < -0.4 is 15.3 Å². The number of ether oxygens (including phenoxy) is 1. The SMILES string of the molecule is O=C([O-])CCCC(=O)Nc1ccc(N2CCOCC2)cc1. The molecule has 1 aromatic rings. The number of carbonyl (C=O) groups excluding carboxylic acids is 2. The molecule has 6 heteroatoms. The molecular weight excluding hydrogens is 272 g/mol. The van der Waals surface area contributed by atoms with E-state index in [0.29, 0.717) is 12.1 Å². The molecule has 114 valence electrons. The van der Waals surface area contributed by atoms with Crippen molar-refractivity contribution in [2.75, 3.05) is 36.5 Å². The fourth-order valence-corrected chi connectivity index (χ4v) is 2.19. The Labute approximate surface area is 123 Å². The van der Waals surface area contributed by atoms with Crippen molar-refractivity contribution in [3.8, 4) is 0 Å². The Balaban J connectivity index is 1.81. The van der Waals surface area contributed by atoms with Gasteiger partial charge >= 0.3 is 0 Å². The molecule has 1 heterocycles. The average molecular weight is 291 g/mol. The van der Waals surface area contributed by atoms with Crippen LogP contribution in [0.5, 0.6) is 0 Å². The van der Waals surface area contributed by atoms with Crippen LogP contribution in [-0.2, 0) is 14.3 Å². The third-order valence-electron chi connectivity index (χ3n) is 3.31. The van der Waals surface area contributed by atoms with E-state index in [9.17, 15) is 14.7 Å². The summed E-state index contributed by atoms with van der Waals surface area (Å²) in [7, 11) is 0. The highest BCUT2D eigenvalue weighted by atomic mass is 16.5. The summed E-state index contributed by atoms with van der Waals surface area (Å²) in [6.45, 7) is 3.21. The maximum atomic E-state index is 11.6. The number of rotatable bonds is 6. The largest absolute Gasteiger partial charge is 0.550 e. The number of carbonyl (C=O) groups is 2. The molecule has 0 spiro atoms. The lowest BCUT2D eigenvalue weighted by Gasteiger charge is -2.28. The third kappa shape index (κ3) is 5.07. The molecule has 0 aliphatic carbocycles. The minimum Gasteiger partial charge on any atom is -0.550 e. The van der Waals surface area contributed by atoms with Crippen molar-refractivity contribution in [3.05, 3.63) is 24.3 Å². The van der Waals surface area contributed by atoms with Crippen molar-refractivity contribution in [1.29, 1.82) is 0 Å².